The van der Waals surface area contributed by atoms with Crippen LogP contribution in [0.4, 0.5) is 5.69 Å². The van der Waals surface area contributed by atoms with Crippen LogP contribution in [0.25, 0.3) is 10.8 Å². The van der Waals surface area contributed by atoms with Crippen LogP contribution in [-0.2, 0) is 0 Å². The number of nitrogens with one attached hydrogen (secondary N) is 1. The van der Waals surface area contributed by atoms with E-state index in [1.807, 2.05) is 30.3 Å². The molecule has 0 aliphatic heterocycles. The zero-order valence-corrected chi connectivity index (χ0v) is 15.8. The van der Waals surface area contributed by atoms with E-state index in [9.17, 15) is 14.7 Å². The van der Waals surface area contributed by atoms with E-state index in [0.717, 1.165) is 23.6 Å². The topological polar surface area (TPSA) is 84.2 Å². The van der Waals surface area contributed by atoms with Crippen molar-refractivity contribution in [3.8, 4) is 0 Å². The molecule has 0 radical (unpaired) electrons. The maximum absolute atomic E-state index is 13.1. The summed E-state index contributed by atoms with van der Waals surface area (Å²) in [5.41, 5.74) is 1.09. The van der Waals surface area contributed by atoms with Crippen LogP contribution in [0.15, 0.2) is 53.7 Å². The Hall–Kier alpha value is -2.99. The lowest BCUT2D eigenvalue weighted by molar-refractivity contribution is 0.101. The van der Waals surface area contributed by atoms with Crippen molar-refractivity contribution in [3.63, 3.8) is 0 Å². The van der Waals surface area contributed by atoms with Gasteiger partial charge < -0.3 is 15.0 Å². The molecule has 2 N–H and O–H groups in total. The SMILES string of the molecule is Cc1ccn(C2CCC(O)CC2)c(=O)c1C(=O)Nc1cncc2ccccc12. The largest absolute Gasteiger partial charge is 0.393 e. The molecular weight excluding hydrogens is 354 g/mol. The molecule has 0 atom stereocenters. The van der Waals surface area contributed by atoms with Crippen molar-refractivity contribution < 1.29 is 9.90 Å². The number of amides is 1. The number of carbonyl (C=O) groups excluding carboxylic acids is 1. The van der Waals surface area contributed by atoms with Gasteiger partial charge in [0, 0.05) is 29.2 Å². The van der Waals surface area contributed by atoms with E-state index in [1.54, 1.807) is 30.1 Å². The molecule has 0 unspecified atom stereocenters. The first-order chi connectivity index (χ1) is 13.5. The average molecular weight is 377 g/mol. The van der Waals surface area contributed by atoms with Gasteiger partial charge in [0.25, 0.3) is 11.5 Å². The van der Waals surface area contributed by atoms with Gasteiger partial charge in [0.05, 0.1) is 18.0 Å². The molecule has 4 rings (SSSR count). The van der Waals surface area contributed by atoms with Gasteiger partial charge in [-0.25, -0.2) is 0 Å². The summed E-state index contributed by atoms with van der Waals surface area (Å²) >= 11 is 0. The Morgan fingerprint density at radius 3 is 2.68 bits per heavy atom. The smallest absolute Gasteiger partial charge is 0.263 e. The molecular formula is C22H23N3O3. The van der Waals surface area contributed by atoms with Crippen molar-refractivity contribution in [2.24, 2.45) is 0 Å². The number of benzene rings is 1. The number of hydrogen-bond acceptors (Lipinski definition) is 4. The van der Waals surface area contributed by atoms with Crippen LogP contribution in [0.3, 0.4) is 0 Å². The summed E-state index contributed by atoms with van der Waals surface area (Å²) < 4.78 is 1.65. The highest BCUT2D eigenvalue weighted by molar-refractivity contribution is 6.09. The van der Waals surface area contributed by atoms with E-state index in [4.69, 9.17) is 0 Å². The average Bonchev–Trinajstić information content (AvgIpc) is 2.69. The number of fused-ring (bicyclic) bond motifs is 1. The van der Waals surface area contributed by atoms with Gasteiger partial charge in [0.1, 0.15) is 5.56 Å². The summed E-state index contributed by atoms with van der Waals surface area (Å²) in [5.74, 6) is -0.425. The summed E-state index contributed by atoms with van der Waals surface area (Å²) in [6, 6.07) is 9.48. The van der Waals surface area contributed by atoms with E-state index < -0.39 is 5.91 Å². The predicted octanol–water partition coefficient (Wildman–Crippen LogP) is 3.43. The second-order valence-corrected chi connectivity index (χ2v) is 7.41. The van der Waals surface area contributed by atoms with Gasteiger partial charge >= 0.3 is 0 Å². The molecule has 1 saturated carbocycles. The lowest BCUT2D eigenvalue weighted by atomic mass is 9.92. The van der Waals surface area contributed by atoms with Gasteiger partial charge in [-0.2, -0.15) is 0 Å². The Labute approximate surface area is 162 Å². The van der Waals surface area contributed by atoms with E-state index in [1.165, 1.54) is 0 Å². The molecule has 3 aromatic rings. The lowest BCUT2D eigenvalue weighted by Crippen LogP contribution is -2.34. The Morgan fingerprint density at radius 1 is 1.14 bits per heavy atom. The van der Waals surface area contributed by atoms with Crippen molar-refractivity contribution in [1.82, 2.24) is 9.55 Å². The van der Waals surface area contributed by atoms with E-state index >= 15 is 0 Å². The molecule has 0 bridgehead atoms. The quantitative estimate of drug-likeness (QED) is 0.732. The molecule has 1 amide bonds. The first kappa shape index (κ1) is 18.4. The number of aliphatic hydroxyl groups excluding tert-OH is 1. The fraction of sp³-hybridized carbons (Fsp3) is 0.318. The van der Waals surface area contributed by atoms with Crippen LogP contribution in [-0.4, -0.2) is 26.7 Å². The number of aryl methyl sites for hydroxylation is 1. The number of pyridine rings is 2. The molecule has 6 heteroatoms. The standard InChI is InChI=1S/C22H23N3O3/c1-14-10-11-25(16-6-8-17(26)9-7-16)22(28)20(14)21(27)24-19-13-23-12-15-4-2-3-5-18(15)19/h2-5,10-13,16-17,26H,6-9H2,1H3,(H,24,27). The molecule has 6 nitrogen and oxygen atoms in total. The first-order valence-corrected chi connectivity index (χ1v) is 9.58. The third-order valence-electron chi connectivity index (χ3n) is 5.53. The molecule has 0 saturated heterocycles. The summed E-state index contributed by atoms with van der Waals surface area (Å²) in [7, 11) is 0. The van der Waals surface area contributed by atoms with Crippen molar-refractivity contribution in [2.45, 2.75) is 44.8 Å². The normalized spacial score (nSPS) is 19.5. The van der Waals surface area contributed by atoms with Crippen LogP contribution in [0.5, 0.6) is 0 Å². The van der Waals surface area contributed by atoms with Gasteiger partial charge in [-0.15, -0.1) is 0 Å². The van der Waals surface area contributed by atoms with Gasteiger partial charge in [-0.05, 0) is 44.2 Å². The third-order valence-corrected chi connectivity index (χ3v) is 5.53. The number of rotatable bonds is 3. The number of nitrogens with zero attached hydrogens (tertiary/aromatic N) is 2. The van der Waals surface area contributed by atoms with Crippen molar-refractivity contribution in [3.05, 3.63) is 70.4 Å². The lowest BCUT2D eigenvalue weighted by Gasteiger charge is -2.27. The molecule has 144 valence electrons. The second-order valence-electron chi connectivity index (χ2n) is 7.41. The zero-order valence-electron chi connectivity index (χ0n) is 15.8. The maximum atomic E-state index is 13.1. The van der Waals surface area contributed by atoms with Gasteiger partial charge in [0.15, 0.2) is 0 Å². The molecule has 2 heterocycles. The highest BCUT2D eigenvalue weighted by atomic mass is 16.3. The van der Waals surface area contributed by atoms with Gasteiger partial charge in [-0.1, -0.05) is 24.3 Å². The minimum Gasteiger partial charge on any atom is -0.393 e. The van der Waals surface area contributed by atoms with Gasteiger partial charge in [-0.3, -0.25) is 14.6 Å². The van der Waals surface area contributed by atoms with Crippen LogP contribution in [0.2, 0.25) is 0 Å². The Balaban J connectivity index is 1.67. The van der Waals surface area contributed by atoms with Crippen LogP contribution >= 0.6 is 0 Å². The monoisotopic (exact) mass is 377 g/mol. The number of aromatic nitrogens is 2. The predicted molar refractivity (Wildman–Crippen MR) is 109 cm³/mol. The number of carbonyl (C=O) groups is 1. The molecule has 1 fully saturated rings. The molecule has 1 aromatic carbocycles. The number of anilines is 1. The molecule has 28 heavy (non-hydrogen) atoms. The fourth-order valence-corrected chi connectivity index (χ4v) is 3.94. The number of hydrogen-bond donors (Lipinski definition) is 2. The molecule has 1 aliphatic rings. The van der Waals surface area contributed by atoms with Crippen molar-refractivity contribution in [1.29, 1.82) is 0 Å². The first-order valence-electron chi connectivity index (χ1n) is 9.58. The molecule has 1 aliphatic carbocycles. The highest BCUT2D eigenvalue weighted by Crippen LogP contribution is 2.28. The van der Waals surface area contributed by atoms with Crippen molar-refractivity contribution >= 4 is 22.4 Å². The Morgan fingerprint density at radius 2 is 1.89 bits per heavy atom. The van der Waals surface area contributed by atoms with E-state index in [2.05, 4.69) is 10.3 Å². The summed E-state index contributed by atoms with van der Waals surface area (Å²) in [6.07, 6.45) is 7.62. The van der Waals surface area contributed by atoms with Crippen LogP contribution in [0, 0.1) is 6.92 Å². The van der Waals surface area contributed by atoms with Gasteiger partial charge in [0.2, 0.25) is 0 Å². The third kappa shape index (κ3) is 3.43. The van der Waals surface area contributed by atoms with E-state index in [0.29, 0.717) is 24.1 Å². The minimum atomic E-state index is -0.425. The summed E-state index contributed by atoms with van der Waals surface area (Å²) in [4.78, 5) is 30.3. The fourth-order valence-electron chi connectivity index (χ4n) is 3.94. The summed E-state index contributed by atoms with van der Waals surface area (Å²) in [6.45, 7) is 1.77. The van der Waals surface area contributed by atoms with Crippen molar-refractivity contribution in [2.75, 3.05) is 5.32 Å². The highest BCUT2D eigenvalue weighted by Gasteiger charge is 2.24. The second kappa shape index (κ2) is 7.56. The van der Waals surface area contributed by atoms with E-state index in [-0.39, 0.29) is 23.3 Å². The number of aliphatic hydroxyl groups is 1. The Bertz CT molecular complexity index is 1080. The molecule has 2 aromatic heterocycles. The molecule has 0 spiro atoms. The minimum absolute atomic E-state index is 0.0160. The summed E-state index contributed by atoms with van der Waals surface area (Å²) in [5, 5.41) is 14.4. The van der Waals surface area contributed by atoms with Crippen LogP contribution in [0.1, 0.15) is 47.6 Å². The Kier molecular flexibility index (Phi) is 4.96. The van der Waals surface area contributed by atoms with Crippen LogP contribution < -0.4 is 10.9 Å². The maximum Gasteiger partial charge on any atom is 0.263 e. The zero-order chi connectivity index (χ0) is 19.7.